The number of benzene rings is 2. The van der Waals surface area contributed by atoms with Crippen LogP contribution in [0.15, 0.2) is 42.5 Å². The number of nitrogens with one attached hydrogen (secondary N) is 1. The number of alkyl carbamates (subject to hydrolysis) is 1. The quantitative estimate of drug-likeness (QED) is 0.482. The first-order chi connectivity index (χ1) is 15.5. The smallest absolute Gasteiger partial charge is 0.407 e. The van der Waals surface area contributed by atoms with Gasteiger partial charge in [-0.3, -0.25) is 4.90 Å². The highest BCUT2D eigenvalue weighted by Crippen LogP contribution is 2.30. The van der Waals surface area contributed by atoms with E-state index in [1.165, 1.54) is 18.4 Å². The van der Waals surface area contributed by atoms with Crippen molar-refractivity contribution in [3.63, 3.8) is 0 Å². The lowest BCUT2D eigenvalue weighted by atomic mass is 9.89. The van der Waals surface area contributed by atoms with Gasteiger partial charge in [-0.1, -0.05) is 53.0 Å². The predicted molar refractivity (Wildman–Crippen MR) is 131 cm³/mol. The van der Waals surface area contributed by atoms with Crippen LogP contribution in [0.25, 0.3) is 0 Å². The summed E-state index contributed by atoms with van der Waals surface area (Å²) >= 11 is 18.0. The summed E-state index contributed by atoms with van der Waals surface area (Å²) in [6, 6.07) is 14.0. The van der Waals surface area contributed by atoms with Crippen molar-refractivity contribution in [2.24, 2.45) is 5.92 Å². The van der Waals surface area contributed by atoms with Crippen LogP contribution in [0.1, 0.15) is 43.2 Å². The summed E-state index contributed by atoms with van der Waals surface area (Å²) in [5.41, 5.74) is 2.18. The molecule has 2 aromatic carbocycles. The number of hydrogen-bond acceptors (Lipinski definition) is 3. The van der Waals surface area contributed by atoms with Crippen LogP contribution >= 0.6 is 34.8 Å². The van der Waals surface area contributed by atoms with Gasteiger partial charge in [0.25, 0.3) is 0 Å². The van der Waals surface area contributed by atoms with Gasteiger partial charge in [-0.15, -0.1) is 0 Å². The highest BCUT2D eigenvalue weighted by molar-refractivity contribution is 6.42. The first-order valence-corrected chi connectivity index (χ1v) is 12.5. The molecule has 4 rings (SSSR count). The van der Waals surface area contributed by atoms with Crippen LogP contribution in [0.5, 0.6) is 0 Å². The van der Waals surface area contributed by atoms with E-state index < -0.39 is 0 Å². The van der Waals surface area contributed by atoms with Crippen molar-refractivity contribution in [1.29, 1.82) is 0 Å². The highest BCUT2D eigenvalue weighted by atomic mass is 35.5. The number of carbonyl (C=O) groups excluding carboxylic acids is 1. The largest absolute Gasteiger partial charge is 0.445 e. The first kappa shape index (κ1) is 23.7. The van der Waals surface area contributed by atoms with Gasteiger partial charge in [0.2, 0.25) is 0 Å². The molecule has 1 aliphatic heterocycles. The van der Waals surface area contributed by atoms with Gasteiger partial charge in [0.05, 0.1) is 10.0 Å². The average molecular weight is 496 g/mol. The molecule has 0 radical (unpaired) electrons. The van der Waals surface area contributed by atoms with Crippen LogP contribution < -0.4 is 5.32 Å². The third-order valence-electron chi connectivity index (χ3n) is 6.69. The lowest BCUT2D eigenvalue weighted by Crippen LogP contribution is -2.51. The van der Waals surface area contributed by atoms with Crippen LogP contribution in [-0.2, 0) is 17.8 Å². The minimum absolute atomic E-state index is 0.143. The Balaban J connectivity index is 1.23. The van der Waals surface area contributed by atoms with Gasteiger partial charge in [-0.25, -0.2) is 4.79 Å². The van der Waals surface area contributed by atoms with Crippen molar-refractivity contribution in [1.82, 2.24) is 10.2 Å². The van der Waals surface area contributed by atoms with Crippen molar-refractivity contribution in [3.8, 4) is 0 Å². The number of piperidine rings is 1. The molecule has 1 N–H and O–H groups in total. The summed E-state index contributed by atoms with van der Waals surface area (Å²) in [7, 11) is 0. The summed E-state index contributed by atoms with van der Waals surface area (Å²) in [6.07, 6.45) is 6.37. The van der Waals surface area contributed by atoms with Crippen molar-refractivity contribution >= 4 is 40.9 Å². The molecule has 0 aromatic heterocycles. The molecule has 7 heteroatoms. The Hall–Kier alpha value is -1.46. The standard InChI is InChI=1S/C25H29Cl3N2O2/c26-20-7-4-17(5-8-20)14-18-10-12-30(13-11-18)24-3-1-2-23(24)29-25(31)32-16-19-6-9-21(27)22(28)15-19/h4-9,15,18,23-24H,1-3,10-14,16H2,(H,29,31). The summed E-state index contributed by atoms with van der Waals surface area (Å²) in [5, 5.41) is 4.85. The van der Waals surface area contributed by atoms with Crippen LogP contribution in [-0.4, -0.2) is 36.2 Å². The number of halogens is 3. The predicted octanol–water partition coefficient (Wildman–Crippen LogP) is 6.75. The molecule has 1 heterocycles. The molecule has 0 spiro atoms. The number of likely N-dealkylation sites (tertiary alicyclic amines) is 1. The van der Waals surface area contributed by atoms with Gasteiger partial charge in [0.15, 0.2) is 0 Å². The summed E-state index contributed by atoms with van der Waals surface area (Å²) < 4.78 is 5.43. The molecule has 32 heavy (non-hydrogen) atoms. The Morgan fingerprint density at radius 3 is 2.38 bits per heavy atom. The maximum absolute atomic E-state index is 12.4. The van der Waals surface area contributed by atoms with E-state index in [-0.39, 0.29) is 18.7 Å². The zero-order chi connectivity index (χ0) is 22.5. The van der Waals surface area contributed by atoms with E-state index in [1.807, 2.05) is 18.2 Å². The Labute approximate surface area is 205 Å². The maximum atomic E-state index is 12.4. The van der Waals surface area contributed by atoms with Crippen LogP contribution in [0.2, 0.25) is 15.1 Å². The van der Waals surface area contributed by atoms with E-state index in [2.05, 4.69) is 22.3 Å². The topological polar surface area (TPSA) is 41.6 Å². The van der Waals surface area contributed by atoms with Gasteiger partial charge >= 0.3 is 6.09 Å². The van der Waals surface area contributed by atoms with Crippen molar-refractivity contribution < 1.29 is 9.53 Å². The Morgan fingerprint density at radius 1 is 0.938 bits per heavy atom. The zero-order valence-corrected chi connectivity index (χ0v) is 20.3. The van der Waals surface area contributed by atoms with Gasteiger partial charge in [0.1, 0.15) is 6.61 Å². The van der Waals surface area contributed by atoms with Gasteiger partial charge in [-0.2, -0.15) is 0 Å². The number of ether oxygens (including phenoxy) is 1. The minimum atomic E-state index is -0.370. The van der Waals surface area contributed by atoms with E-state index >= 15 is 0 Å². The molecule has 2 atom stereocenters. The highest BCUT2D eigenvalue weighted by Gasteiger charge is 2.35. The molecular formula is C25H29Cl3N2O2. The normalized spacial score (nSPS) is 22.1. The lowest BCUT2D eigenvalue weighted by molar-refractivity contribution is 0.104. The molecule has 4 nitrogen and oxygen atoms in total. The monoisotopic (exact) mass is 494 g/mol. The molecule has 1 saturated heterocycles. The molecule has 0 bridgehead atoms. The van der Waals surface area contributed by atoms with E-state index in [1.54, 1.807) is 12.1 Å². The van der Waals surface area contributed by atoms with Gasteiger partial charge in [-0.05, 0) is 92.9 Å². The Bertz CT molecular complexity index is 914. The molecule has 1 aliphatic carbocycles. The van der Waals surface area contributed by atoms with Crippen LogP contribution in [0.4, 0.5) is 4.79 Å². The average Bonchev–Trinajstić information content (AvgIpc) is 3.25. The van der Waals surface area contributed by atoms with Crippen LogP contribution in [0, 0.1) is 5.92 Å². The van der Waals surface area contributed by atoms with Crippen molar-refractivity contribution in [2.75, 3.05) is 13.1 Å². The van der Waals surface area contributed by atoms with Gasteiger partial charge in [0, 0.05) is 17.1 Å². The SMILES string of the molecule is O=C(NC1CCCC1N1CCC(Cc2ccc(Cl)cc2)CC1)OCc1ccc(Cl)c(Cl)c1. The fraction of sp³-hybridized carbons (Fsp3) is 0.480. The van der Waals surface area contributed by atoms with Crippen LogP contribution in [0.3, 0.4) is 0 Å². The summed E-state index contributed by atoms with van der Waals surface area (Å²) in [4.78, 5) is 15.0. The first-order valence-electron chi connectivity index (χ1n) is 11.3. The molecule has 2 aromatic rings. The zero-order valence-electron chi connectivity index (χ0n) is 18.0. The summed E-state index contributed by atoms with van der Waals surface area (Å²) in [6.45, 7) is 2.34. The molecule has 1 amide bonds. The van der Waals surface area contributed by atoms with Crippen molar-refractivity contribution in [3.05, 3.63) is 68.7 Å². The third kappa shape index (κ3) is 6.32. The van der Waals surface area contributed by atoms with E-state index in [4.69, 9.17) is 39.5 Å². The second-order valence-corrected chi connectivity index (χ2v) is 10.1. The number of carbonyl (C=O) groups is 1. The molecule has 2 fully saturated rings. The Morgan fingerprint density at radius 2 is 1.66 bits per heavy atom. The number of amides is 1. The molecule has 2 unspecified atom stereocenters. The maximum Gasteiger partial charge on any atom is 0.407 e. The minimum Gasteiger partial charge on any atom is -0.445 e. The molecule has 172 valence electrons. The number of nitrogens with zero attached hydrogens (tertiary/aromatic N) is 1. The van der Waals surface area contributed by atoms with Gasteiger partial charge < -0.3 is 10.1 Å². The molecule has 2 aliphatic rings. The second kappa shape index (κ2) is 11.1. The number of hydrogen-bond donors (Lipinski definition) is 1. The van der Waals surface area contributed by atoms with Crippen molar-refractivity contribution in [2.45, 2.75) is 57.2 Å². The Kier molecular flexibility index (Phi) is 8.22. The second-order valence-electron chi connectivity index (χ2n) is 8.88. The molecular weight excluding hydrogens is 467 g/mol. The summed E-state index contributed by atoms with van der Waals surface area (Å²) in [5.74, 6) is 0.705. The lowest BCUT2D eigenvalue weighted by Gasteiger charge is -2.38. The van der Waals surface area contributed by atoms with E-state index in [9.17, 15) is 4.79 Å². The number of rotatable bonds is 6. The fourth-order valence-electron chi connectivity index (χ4n) is 4.96. The van der Waals surface area contributed by atoms with E-state index in [0.717, 1.165) is 49.4 Å². The fourth-order valence-corrected chi connectivity index (χ4v) is 5.41. The van der Waals surface area contributed by atoms with E-state index in [0.29, 0.717) is 22.0 Å². The third-order valence-corrected chi connectivity index (χ3v) is 7.68. The molecule has 1 saturated carbocycles.